The number of allylic oxidation sites excluding steroid dienone is 6. The zero-order valence-electron chi connectivity index (χ0n) is 42.5. The summed E-state index contributed by atoms with van der Waals surface area (Å²) in [5.41, 5.74) is 1.27. The number of cyclic esters (lactones) is 1. The SMILES string of the molecule is CO[C@H]1C[C@@H]2CCC(C)C(O)(O2)C(=O)C(=O)N2CCCC[C@H]2C(=O)O[C@H]([C@H](C)C[C@@H]2CC[C@H](n3cnnn3)[C@H](OC)C2)CC(=O)[C@H](C)/C=C(\C)[C@@H](O)[C@@H](OC)C(=O)[C@H](C)C[C@H](C)/C=C/C=C/C=C/1C. The van der Waals surface area contributed by atoms with Gasteiger partial charge in [0.1, 0.15) is 36.5 Å². The Balaban J connectivity index is 1.46. The van der Waals surface area contributed by atoms with E-state index >= 15 is 0 Å². The van der Waals surface area contributed by atoms with Gasteiger partial charge in [-0.2, -0.15) is 0 Å². The Morgan fingerprint density at radius 3 is 2.32 bits per heavy atom. The number of carbonyl (C=O) groups is 5. The smallest absolute Gasteiger partial charge is 0.329 e. The molecule has 2 N–H and O–H groups in total. The van der Waals surface area contributed by atoms with Crippen molar-refractivity contribution in [3.05, 3.63) is 53.9 Å². The van der Waals surface area contributed by atoms with Crippen molar-refractivity contribution < 1.29 is 57.9 Å². The van der Waals surface area contributed by atoms with Crippen molar-refractivity contribution >= 4 is 29.2 Å². The Bertz CT molecular complexity index is 2020. The quantitative estimate of drug-likeness (QED) is 0.181. The highest BCUT2D eigenvalue weighted by Crippen LogP contribution is 2.39. The van der Waals surface area contributed by atoms with Crippen LogP contribution < -0.4 is 0 Å². The zero-order valence-corrected chi connectivity index (χ0v) is 42.5. The standard InChI is InChI=1S/C52H79N5O12/c1-31-16-12-11-13-17-32(2)43(65-8)28-39-21-19-37(7)52(64,69-39)49(61)50(62)56-23-15-14-18-41(56)51(63)68-44(34(4)26-38-20-22-40(45(27-38)66-9)57-30-53-54-55-57)29-42(58)33(3)25-36(6)47(60)48(67-10)46(59)35(5)24-31/h11-13,16-17,25,30-31,33-35,37-41,43-45,47-48,60,64H,14-15,18-24,26-29H2,1-10H3/b13-11+,16-12+,32-17+,36-25+/t31-,33-,34-,35-,37?,38+,39+,40+,41+,43+,44+,45-,47-,48+,52?/m1/s1. The second-order valence-electron chi connectivity index (χ2n) is 20.4. The minimum atomic E-state index is -2.43. The molecule has 4 heterocycles. The molecule has 0 spiro atoms. The number of tetrazole rings is 1. The minimum Gasteiger partial charge on any atom is -0.460 e. The topological polar surface area (TPSA) is 219 Å². The number of amides is 1. The van der Waals surface area contributed by atoms with E-state index in [1.165, 1.54) is 12.0 Å². The molecule has 1 aromatic heterocycles. The number of hydrogen-bond acceptors (Lipinski definition) is 15. The van der Waals surface area contributed by atoms with Gasteiger partial charge in [0.15, 0.2) is 5.78 Å². The predicted octanol–water partition coefficient (Wildman–Crippen LogP) is 6.05. The van der Waals surface area contributed by atoms with Crippen molar-refractivity contribution in [2.24, 2.45) is 35.5 Å². The number of aliphatic hydroxyl groups excluding tert-OH is 1. The van der Waals surface area contributed by atoms with Gasteiger partial charge < -0.3 is 38.8 Å². The van der Waals surface area contributed by atoms with Gasteiger partial charge in [0, 0.05) is 58.5 Å². The van der Waals surface area contributed by atoms with E-state index < -0.39 is 77.8 Å². The van der Waals surface area contributed by atoms with Gasteiger partial charge in [-0.3, -0.25) is 19.2 Å². The lowest BCUT2D eigenvalue weighted by Crippen LogP contribution is -2.61. The van der Waals surface area contributed by atoms with Crippen LogP contribution in [0.2, 0.25) is 0 Å². The van der Waals surface area contributed by atoms with Crippen molar-refractivity contribution in [2.75, 3.05) is 27.9 Å². The number of ketones is 3. The van der Waals surface area contributed by atoms with Crippen molar-refractivity contribution in [1.29, 1.82) is 0 Å². The number of ether oxygens (including phenoxy) is 5. The summed E-state index contributed by atoms with van der Waals surface area (Å²) in [5.74, 6) is -7.92. The minimum absolute atomic E-state index is 0.0170. The molecule has 2 unspecified atom stereocenters. The Morgan fingerprint density at radius 1 is 0.884 bits per heavy atom. The van der Waals surface area contributed by atoms with Crippen LogP contribution in [0.3, 0.4) is 0 Å². The highest BCUT2D eigenvalue weighted by Gasteiger charge is 2.53. The molecule has 17 nitrogen and oxygen atoms in total. The van der Waals surface area contributed by atoms with E-state index in [1.807, 2.05) is 58.1 Å². The molecule has 5 rings (SSSR count). The van der Waals surface area contributed by atoms with Gasteiger partial charge in [-0.25, -0.2) is 9.48 Å². The number of hydrogen-bond donors (Lipinski definition) is 2. The zero-order chi connectivity index (χ0) is 50.6. The maximum atomic E-state index is 14.5. The molecule has 1 aromatic rings. The van der Waals surface area contributed by atoms with Crippen LogP contribution in [-0.4, -0.2) is 141 Å². The third-order valence-corrected chi connectivity index (χ3v) is 15.2. The largest absolute Gasteiger partial charge is 0.460 e. The lowest BCUT2D eigenvalue weighted by molar-refractivity contribution is -0.265. The van der Waals surface area contributed by atoms with Gasteiger partial charge in [-0.05, 0) is 117 Å². The number of methoxy groups -OCH3 is 3. The predicted molar refractivity (Wildman–Crippen MR) is 256 cm³/mol. The van der Waals surface area contributed by atoms with Gasteiger partial charge in [0.25, 0.3) is 11.7 Å². The molecule has 69 heavy (non-hydrogen) atoms. The number of carbonyl (C=O) groups excluding carboxylic acids is 5. The molecular weight excluding hydrogens is 887 g/mol. The molecule has 4 aliphatic rings. The Kier molecular flexibility index (Phi) is 20.8. The number of aliphatic hydroxyl groups is 2. The molecule has 17 heteroatoms. The number of aromatic nitrogens is 4. The van der Waals surface area contributed by atoms with Crippen LogP contribution in [0, 0.1) is 35.5 Å². The second kappa shape index (κ2) is 25.7. The Labute approximate surface area is 408 Å². The normalized spacial score (nSPS) is 38.8. The van der Waals surface area contributed by atoms with Gasteiger partial charge in [0.2, 0.25) is 5.79 Å². The number of rotatable bonds is 7. The number of piperidine rings is 1. The summed E-state index contributed by atoms with van der Waals surface area (Å²) >= 11 is 0. The maximum absolute atomic E-state index is 14.5. The molecule has 0 aromatic carbocycles. The summed E-state index contributed by atoms with van der Waals surface area (Å²) in [7, 11) is 4.62. The number of nitrogens with zero attached hydrogens (tertiary/aromatic N) is 5. The van der Waals surface area contributed by atoms with Gasteiger partial charge >= 0.3 is 5.97 Å². The average Bonchev–Trinajstić information content (AvgIpc) is 3.88. The first-order valence-electron chi connectivity index (χ1n) is 25.0. The number of esters is 1. The number of Topliss-reactive ketones (excluding diaryl/α,β-unsaturated/α-hetero) is 3. The van der Waals surface area contributed by atoms with Crippen molar-refractivity contribution in [3.8, 4) is 0 Å². The van der Waals surface area contributed by atoms with E-state index in [-0.39, 0.29) is 60.9 Å². The van der Waals surface area contributed by atoms with Crippen LogP contribution >= 0.6 is 0 Å². The Morgan fingerprint density at radius 2 is 1.64 bits per heavy atom. The summed E-state index contributed by atoms with van der Waals surface area (Å²) in [5, 5.41) is 35.2. The van der Waals surface area contributed by atoms with E-state index in [2.05, 4.69) is 15.5 Å². The fraction of sp³-hybridized carbons (Fsp3) is 0.731. The molecule has 384 valence electrons. The lowest BCUT2D eigenvalue weighted by atomic mass is 9.77. The van der Waals surface area contributed by atoms with Crippen molar-refractivity contribution in [1.82, 2.24) is 25.1 Å². The molecule has 1 saturated carbocycles. The summed E-state index contributed by atoms with van der Waals surface area (Å²) in [6.07, 6.45) is 13.9. The molecule has 1 aliphatic carbocycles. The molecule has 3 aliphatic heterocycles. The van der Waals surface area contributed by atoms with Gasteiger partial charge in [0.05, 0.1) is 24.4 Å². The molecular formula is C52H79N5O12. The molecule has 15 atom stereocenters. The highest BCUT2D eigenvalue weighted by atomic mass is 16.6. The summed E-state index contributed by atoms with van der Waals surface area (Å²) in [4.78, 5) is 72.3. The summed E-state index contributed by atoms with van der Waals surface area (Å²) in [6, 6.07) is -1.19. The molecule has 2 bridgehead atoms. The van der Waals surface area contributed by atoms with Gasteiger partial charge in [-0.15, -0.1) is 5.10 Å². The Hall–Kier alpha value is -4.26. The van der Waals surface area contributed by atoms with E-state index in [9.17, 15) is 34.2 Å². The van der Waals surface area contributed by atoms with Crippen LogP contribution in [-0.2, 0) is 47.7 Å². The first-order chi connectivity index (χ1) is 32.8. The first-order valence-corrected chi connectivity index (χ1v) is 25.0. The van der Waals surface area contributed by atoms with Crippen molar-refractivity contribution in [2.45, 2.75) is 180 Å². The maximum Gasteiger partial charge on any atom is 0.329 e. The number of fused-ring (bicyclic) bond motifs is 3. The fourth-order valence-corrected chi connectivity index (χ4v) is 10.7. The average molecular weight is 966 g/mol. The van der Waals surface area contributed by atoms with Crippen molar-refractivity contribution in [3.63, 3.8) is 0 Å². The lowest BCUT2D eigenvalue weighted by Gasteiger charge is -2.42. The van der Waals surface area contributed by atoms with Gasteiger partial charge in [-0.1, -0.05) is 71.1 Å². The van der Waals surface area contributed by atoms with E-state index in [4.69, 9.17) is 23.7 Å². The summed E-state index contributed by atoms with van der Waals surface area (Å²) in [6.45, 7) is 12.8. The monoisotopic (exact) mass is 966 g/mol. The van der Waals surface area contributed by atoms with E-state index in [0.717, 1.165) is 18.4 Å². The van der Waals surface area contributed by atoms with Crippen LogP contribution in [0.4, 0.5) is 0 Å². The second-order valence-corrected chi connectivity index (χ2v) is 20.4. The molecule has 3 fully saturated rings. The van der Waals surface area contributed by atoms with Crippen LogP contribution in [0.15, 0.2) is 53.9 Å². The van der Waals surface area contributed by atoms with Crippen LogP contribution in [0.1, 0.15) is 132 Å². The van der Waals surface area contributed by atoms with Crippen LogP contribution in [0.25, 0.3) is 0 Å². The third kappa shape index (κ3) is 14.2. The van der Waals surface area contributed by atoms with Crippen LogP contribution in [0.5, 0.6) is 0 Å². The fourth-order valence-electron chi connectivity index (χ4n) is 10.7. The first kappa shape index (κ1) is 55.7. The van der Waals surface area contributed by atoms with E-state index in [1.54, 1.807) is 52.1 Å². The molecule has 0 radical (unpaired) electrons. The summed E-state index contributed by atoms with van der Waals surface area (Å²) < 4.78 is 31.6. The third-order valence-electron chi connectivity index (χ3n) is 15.2. The molecule has 1 amide bonds. The highest BCUT2D eigenvalue weighted by molar-refractivity contribution is 6.39. The molecule has 2 saturated heterocycles. The van der Waals surface area contributed by atoms with E-state index in [0.29, 0.717) is 56.9 Å².